The molecule has 2 aromatic rings. The number of nitrogens with zero attached hydrogens (tertiary/aromatic N) is 1. The summed E-state index contributed by atoms with van der Waals surface area (Å²) >= 11 is 3.28. The van der Waals surface area contributed by atoms with Crippen LogP contribution >= 0.6 is 15.9 Å². The summed E-state index contributed by atoms with van der Waals surface area (Å²) in [4.78, 5) is 23.7. The number of halogens is 1. The van der Waals surface area contributed by atoms with Crippen molar-refractivity contribution in [2.45, 2.75) is 0 Å². The zero-order chi connectivity index (χ0) is 19.3. The van der Waals surface area contributed by atoms with Gasteiger partial charge in [-0.05, 0) is 48.5 Å². The van der Waals surface area contributed by atoms with Crippen LogP contribution in [0.3, 0.4) is 0 Å². The Labute approximate surface area is 160 Å². The van der Waals surface area contributed by atoms with E-state index in [2.05, 4.69) is 26.0 Å². The first-order valence-electron chi connectivity index (χ1n) is 7.42. The van der Waals surface area contributed by atoms with Crippen LogP contribution in [0.5, 0.6) is 0 Å². The summed E-state index contributed by atoms with van der Waals surface area (Å²) in [7, 11) is -2.37. The minimum Gasteiger partial charge on any atom is -0.465 e. The summed E-state index contributed by atoms with van der Waals surface area (Å²) in [6.45, 7) is -0.376. The molecule has 138 valence electrons. The number of anilines is 2. The van der Waals surface area contributed by atoms with Crippen molar-refractivity contribution in [2.24, 2.45) is 0 Å². The second kappa shape index (κ2) is 8.33. The Balaban J connectivity index is 2.12. The summed E-state index contributed by atoms with van der Waals surface area (Å²) in [6.07, 6.45) is 1.04. The Morgan fingerprint density at radius 3 is 2.15 bits per heavy atom. The highest BCUT2D eigenvalue weighted by Gasteiger charge is 2.21. The average Bonchev–Trinajstić information content (AvgIpc) is 2.59. The largest absolute Gasteiger partial charge is 0.465 e. The summed E-state index contributed by atoms with van der Waals surface area (Å²) < 4.78 is 30.5. The number of ether oxygens (including phenoxy) is 1. The quantitative estimate of drug-likeness (QED) is 0.696. The van der Waals surface area contributed by atoms with Crippen molar-refractivity contribution in [1.29, 1.82) is 0 Å². The molecule has 2 aromatic carbocycles. The van der Waals surface area contributed by atoms with Gasteiger partial charge in [-0.1, -0.05) is 15.9 Å². The van der Waals surface area contributed by atoms with Gasteiger partial charge < -0.3 is 10.1 Å². The smallest absolute Gasteiger partial charge is 0.337 e. The van der Waals surface area contributed by atoms with Gasteiger partial charge in [0.1, 0.15) is 6.54 Å². The Morgan fingerprint density at radius 2 is 1.65 bits per heavy atom. The lowest BCUT2D eigenvalue weighted by Crippen LogP contribution is -2.37. The Morgan fingerprint density at radius 1 is 1.08 bits per heavy atom. The maximum Gasteiger partial charge on any atom is 0.337 e. The van der Waals surface area contributed by atoms with Gasteiger partial charge in [0, 0.05) is 10.2 Å². The molecule has 0 radical (unpaired) electrons. The molecule has 9 heteroatoms. The number of benzene rings is 2. The fraction of sp³-hybridized carbons (Fsp3) is 0.176. The molecule has 1 N–H and O–H groups in total. The maximum atomic E-state index is 12.3. The number of nitrogens with one attached hydrogen (secondary N) is 1. The van der Waals surface area contributed by atoms with Gasteiger partial charge in [-0.2, -0.15) is 0 Å². The van der Waals surface area contributed by atoms with Crippen LogP contribution in [0.25, 0.3) is 0 Å². The van der Waals surface area contributed by atoms with E-state index >= 15 is 0 Å². The Kier molecular flexibility index (Phi) is 6.38. The molecule has 0 saturated carbocycles. The van der Waals surface area contributed by atoms with Crippen LogP contribution in [-0.4, -0.2) is 40.2 Å². The highest BCUT2D eigenvalue weighted by atomic mass is 79.9. The second-order valence-electron chi connectivity index (χ2n) is 5.36. The molecule has 0 aliphatic heterocycles. The summed E-state index contributed by atoms with van der Waals surface area (Å²) in [5.74, 6) is -0.995. The van der Waals surface area contributed by atoms with Crippen molar-refractivity contribution in [3.8, 4) is 0 Å². The predicted molar refractivity (Wildman–Crippen MR) is 103 cm³/mol. The van der Waals surface area contributed by atoms with Gasteiger partial charge in [0.25, 0.3) is 0 Å². The molecule has 0 aliphatic carbocycles. The highest BCUT2D eigenvalue weighted by molar-refractivity contribution is 9.10. The molecule has 0 fully saturated rings. The molecule has 1 amide bonds. The molecule has 2 rings (SSSR count). The number of carbonyl (C=O) groups excluding carboxylic acids is 2. The first-order valence-corrected chi connectivity index (χ1v) is 10.1. The molecular formula is C17H17BrN2O5S. The minimum atomic E-state index is -3.64. The first kappa shape index (κ1) is 19.9. The van der Waals surface area contributed by atoms with Crippen LogP contribution in [0.15, 0.2) is 53.0 Å². The molecule has 0 aromatic heterocycles. The highest BCUT2D eigenvalue weighted by Crippen LogP contribution is 2.21. The van der Waals surface area contributed by atoms with Crippen LogP contribution in [0, 0.1) is 0 Å². The molecule has 0 saturated heterocycles. The topological polar surface area (TPSA) is 92.8 Å². The number of sulfonamides is 1. The van der Waals surface area contributed by atoms with Crippen molar-refractivity contribution in [2.75, 3.05) is 29.5 Å². The molecule has 7 nitrogen and oxygen atoms in total. The standard InChI is InChI=1S/C17H17BrN2O5S/c1-25-17(22)12-3-7-14(8-4-12)19-16(21)11-20(26(2,23)24)15-9-5-13(18)6-10-15/h3-10H,11H2,1-2H3,(H,19,21). The van der Waals surface area contributed by atoms with Crippen LogP contribution in [0.2, 0.25) is 0 Å². The van der Waals surface area contributed by atoms with Crippen LogP contribution in [0.4, 0.5) is 11.4 Å². The molecule has 0 bridgehead atoms. The fourth-order valence-corrected chi connectivity index (χ4v) is 3.27. The van der Waals surface area contributed by atoms with Gasteiger partial charge >= 0.3 is 5.97 Å². The predicted octanol–water partition coefficient (Wildman–Crippen LogP) is 2.64. The Bertz CT molecular complexity index is 896. The van der Waals surface area contributed by atoms with E-state index in [1.54, 1.807) is 24.3 Å². The Hall–Kier alpha value is -2.39. The van der Waals surface area contributed by atoms with Crippen molar-refractivity contribution < 1.29 is 22.7 Å². The van der Waals surface area contributed by atoms with Crippen LogP contribution in [-0.2, 0) is 19.6 Å². The van der Waals surface area contributed by atoms with Gasteiger partial charge in [0.15, 0.2) is 0 Å². The van der Waals surface area contributed by atoms with E-state index < -0.39 is 21.9 Å². The number of methoxy groups -OCH3 is 1. The van der Waals surface area contributed by atoms with Gasteiger partial charge in [0.2, 0.25) is 15.9 Å². The van der Waals surface area contributed by atoms with Crippen molar-refractivity contribution in [3.63, 3.8) is 0 Å². The summed E-state index contributed by atoms with van der Waals surface area (Å²) in [5.41, 5.74) is 1.16. The van der Waals surface area contributed by atoms with Gasteiger partial charge in [-0.15, -0.1) is 0 Å². The van der Waals surface area contributed by atoms with Crippen LogP contribution in [0.1, 0.15) is 10.4 Å². The molecule has 0 atom stereocenters. The number of rotatable bonds is 6. The number of hydrogen-bond donors (Lipinski definition) is 1. The maximum absolute atomic E-state index is 12.3. The van der Waals surface area contributed by atoms with Crippen molar-refractivity contribution in [3.05, 3.63) is 58.6 Å². The van der Waals surface area contributed by atoms with E-state index in [1.807, 2.05) is 0 Å². The van der Waals surface area contributed by atoms with Gasteiger partial charge in [0.05, 0.1) is 24.6 Å². The third-order valence-electron chi connectivity index (χ3n) is 3.39. The van der Waals surface area contributed by atoms with Crippen molar-refractivity contribution in [1.82, 2.24) is 0 Å². The molecule has 0 aliphatic rings. The van der Waals surface area contributed by atoms with Crippen LogP contribution < -0.4 is 9.62 Å². The minimum absolute atomic E-state index is 0.345. The number of hydrogen-bond acceptors (Lipinski definition) is 5. The molecular weight excluding hydrogens is 424 g/mol. The lowest BCUT2D eigenvalue weighted by Gasteiger charge is -2.22. The third-order valence-corrected chi connectivity index (χ3v) is 5.06. The van der Waals surface area contributed by atoms with E-state index in [0.29, 0.717) is 16.9 Å². The molecule has 0 spiro atoms. The van der Waals surface area contributed by atoms with E-state index in [9.17, 15) is 18.0 Å². The number of esters is 1. The third kappa shape index (κ3) is 5.30. The van der Waals surface area contributed by atoms with E-state index in [1.165, 1.54) is 31.4 Å². The fourth-order valence-electron chi connectivity index (χ4n) is 2.15. The lowest BCUT2D eigenvalue weighted by atomic mass is 10.2. The SMILES string of the molecule is COC(=O)c1ccc(NC(=O)CN(c2ccc(Br)cc2)S(C)(=O)=O)cc1. The van der Waals surface area contributed by atoms with E-state index in [4.69, 9.17) is 0 Å². The normalized spacial score (nSPS) is 10.9. The van der Waals surface area contributed by atoms with Gasteiger partial charge in [-0.25, -0.2) is 13.2 Å². The molecule has 26 heavy (non-hydrogen) atoms. The monoisotopic (exact) mass is 440 g/mol. The van der Waals surface area contributed by atoms with E-state index in [-0.39, 0.29) is 6.54 Å². The number of carbonyl (C=O) groups is 2. The van der Waals surface area contributed by atoms with Gasteiger partial charge in [-0.3, -0.25) is 9.10 Å². The van der Waals surface area contributed by atoms with Crippen molar-refractivity contribution >= 4 is 49.2 Å². The molecule has 0 heterocycles. The van der Waals surface area contributed by atoms with E-state index in [0.717, 1.165) is 15.0 Å². The second-order valence-corrected chi connectivity index (χ2v) is 8.19. The zero-order valence-electron chi connectivity index (χ0n) is 14.1. The summed E-state index contributed by atoms with van der Waals surface area (Å²) in [5, 5.41) is 2.60. The zero-order valence-corrected chi connectivity index (χ0v) is 16.5. The molecule has 0 unspecified atom stereocenters. The number of amides is 1. The lowest BCUT2D eigenvalue weighted by molar-refractivity contribution is -0.114. The first-order chi connectivity index (χ1) is 12.2. The average molecular weight is 441 g/mol. The summed E-state index contributed by atoms with van der Waals surface area (Å²) in [6, 6.07) is 12.7.